The summed E-state index contributed by atoms with van der Waals surface area (Å²) < 4.78 is 22.3. The molecule has 2 saturated heterocycles. The number of benzene rings is 2. The second-order valence-corrected chi connectivity index (χ2v) is 11.7. The number of hydrogen-bond acceptors (Lipinski definition) is 9. The van der Waals surface area contributed by atoms with E-state index in [1.165, 1.54) is 24.1 Å². The minimum absolute atomic E-state index is 0.0803. The first-order chi connectivity index (χ1) is 19.6. The highest BCUT2D eigenvalue weighted by Gasteiger charge is 2.42. The number of β-amino-alcohol motifs (C(OH)–C–C–N with tert-alkyl or cyclic N) is 2. The third-order valence-electron chi connectivity index (χ3n) is 7.82. The van der Waals surface area contributed by atoms with Crippen molar-refractivity contribution in [3.05, 3.63) is 51.5 Å². The van der Waals surface area contributed by atoms with Crippen LogP contribution in [0.1, 0.15) is 35.2 Å². The zero-order chi connectivity index (χ0) is 29.1. The standard InChI is InChI=1S/C29H34Cl2N2O8/c1-38-27(36)17-40-26-12-25(22(11-23(26)31)28(37)33-7-4-20(34)15-33)39-16-21(35)14-32-8-5-29(6-9-32)13-18-10-19(30)2-3-24(18)41-29/h2-3,10-12,20-21,34-35H,4-9,13-17H2,1H3/t20-,21-/m0/s1. The average molecular weight is 610 g/mol. The summed E-state index contributed by atoms with van der Waals surface area (Å²) in [4.78, 5) is 28.5. The number of halogens is 2. The fraction of sp³-hybridized carbons (Fsp3) is 0.517. The number of piperidine rings is 1. The zero-order valence-corrected chi connectivity index (χ0v) is 24.3. The Hall–Kier alpha value is -2.76. The Morgan fingerprint density at radius 2 is 1.90 bits per heavy atom. The highest BCUT2D eigenvalue weighted by Crippen LogP contribution is 2.42. The lowest BCUT2D eigenvalue weighted by atomic mass is 9.87. The lowest BCUT2D eigenvalue weighted by molar-refractivity contribution is -0.142. The molecule has 2 N–H and O–H groups in total. The molecule has 0 aliphatic carbocycles. The lowest BCUT2D eigenvalue weighted by Gasteiger charge is -2.39. The van der Waals surface area contributed by atoms with E-state index >= 15 is 0 Å². The molecule has 2 fully saturated rings. The van der Waals surface area contributed by atoms with Crippen molar-refractivity contribution in [3.63, 3.8) is 0 Å². The molecule has 3 aliphatic rings. The minimum Gasteiger partial charge on any atom is -0.490 e. The first-order valence-electron chi connectivity index (χ1n) is 13.7. The van der Waals surface area contributed by atoms with Gasteiger partial charge in [0.15, 0.2) is 6.61 Å². The van der Waals surface area contributed by atoms with Crippen molar-refractivity contribution in [1.29, 1.82) is 0 Å². The number of carbonyl (C=O) groups is 2. The number of likely N-dealkylation sites (tertiary alicyclic amines) is 2. The Kier molecular flexibility index (Phi) is 9.15. The molecular weight excluding hydrogens is 575 g/mol. The van der Waals surface area contributed by atoms with E-state index in [0.717, 1.165) is 43.7 Å². The predicted molar refractivity (Wildman–Crippen MR) is 151 cm³/mol. The summed E-state index contributed by atoms with van der Waals surface area (Å²) in [7, 11) is 1.24. The van der Waals surface area contributed by atoms with E-state index in [1.807, 2.05) is 18.2 Å². The van der Waals surface area contributed by atoms with Crippen molar-refractivity contribution in [2.75, 3.05) is 53.0 Å². The number of aliphatic hydroxyl groups excluding tert-OH is 2. The summed E-state index contributed by atoms with van der Waals surface area (Å²) in [6, 6.07) is 8.58. The van der Waals surface area contributed by atoms with E-state index in [9.17, 15) is 19.8 Å². The largest absolute Gasteiger partial charge is 0.490 e. The first kappa shape index (κ1) is 29.7. The SMILES string of the molecule is COC(=O)COc1cc(OC[C@@H](O)CN2CCC3(CC2)Cc2cc(Cl)ccc2O3)c(C(=O)N2CC[C@H](O)C2)cc1Cl. The molecule has 3 heterocycles. The lowest BCUT2D eigenvalue weighted by Crippen LogP contribution is -2.49. The molecule has 41 heavy (non-hydrogen) atoms. The van der Waals surface area contributed by atoms with Crippen molar-refractivity contribution in [1.82, 2.24) is 9.80 Å². The van der Waals surface area contributed by atoms with Gasteiger partial charge in [0.05, 0.1) is 23.8 Å². The van der Waals surface area contributed by atoms with E-state index in [0.29, 0.717) is 24.5 Å². The van der Waals surface area contributed by atoms with Gasteiger partial charge in [-0.1, -0.05) is 23.2 Å². The van der Waals surface area contributed by atoms with E-state index in [2.05, 4.69) is 9.64 Å². The van der Waals surface area contributed by atoms with Crippen LogP contribution < -0.4 is 14.2 Å². The summed E-state index contributed by atoms with van der Waals surface area (Å²) in [6.07, 6.45) is 1.53. The Labute approximate surface area is 248 Å². The second kappa shape index (κ2) is 12.6. The number of amides is 1. The summed E-state index contributed by atoms with van der Waals surface area (Å²) in [6.45, 7) is 2.05. The van der Waals surface area contributed by atoms with Crippen molar-refractivity contribution in [3.8, 4) is 17.2 Å². The smallest absolute Gasteiger partial charge is 0.343 e. The van der Waals surface area contributed by atoms with Gasteiger partial charge in [-0.25, -0.2) is 4.79 Å². The number of fused-ring (bicyclic) bond motifs is 1. The molecule has 2 aromatic rings. The van der Waals surface area contributed by atoms with Gasteiger partial charge in [-0.3, -0.25) is 4.79 Å². The van der Waals surface area contributed by atoms with Gasteiger partial charge in [0.2, 0.25) is 0 Å². The van der Waals surface area contributed by atoms with Crippen LogP contribution in [-0.2, 0) is 16.0 Å². The van der Waals surface area contributed by atoms with E-state index < -0.39 is 18.2 Å². The van der Waals surface area contributed by atoms with Crippen molar-refractivity contribution >= 4 is 35.1 Å². The molecule has 0 bridgehead atoms. The Bertz CT molecular complexity index is 1280. The number of hydrogen-bond donors (Lipinski definition) is 2. The number of nitrogens with zero attached hydrogens (tertiary/aromatic N) is 2. The van der Waals surface area contributed by atoms with Gasteiger partial charge in [0.1, 0.15) is 35.6 Å². The van der Waals surface area contributed by atoms with Crippen LogP contribution in [0.4, 0.5) is 0 Å². The quantitative estimate of drug-likeness (QED) is 0.414. The highest BCUT2D eigenvalue weighted by molar-refractivity contribution is 6.32. The molecule has 2 aromatic carbocycles. The van der Waals surface area contributed by atoms with Crippen molar-refractivity contribution in [2.45, 2.75) is 43.5 Å². The highest BCUT2D eigenvalue weighted by atomic mass is 35.5. The molecule has 1 spiro atoms. The molecule has 0 aromatic heterocycles. The van der Waals surface area contributed by atoms with Crippen LogP contribution in [0.3, 0.4) is 0 Å². The van der Waals surface area contributed by atoms with Gasteiger partial charge in [-0.05, 0) is 36.2 Å². The average Bonchev–Trinajstić information content (AvgIpc) is 3.55. The maximum atomic E-state index is 13.2. The Balaban J connectivity index is 1.20. The summed E-state index contributed by atoms with van der Waals surface area (Å²) in [5, 5.41) is 21.6. The monoisotopic (exact) mass is 608 g/mol. The van der Waals surface area contributed by atoms with Crippen LogP contribution in [0.2, 0.25) is 10.0 Å². The van der Waals surface area contributed by atoms with Crippen LogP contribution in [-0.4, -0.2) is 103 Å². The topological polar surface area (TPSA) is 118 Å². The molecule has 10 nitrogen and oxygen atoms in total. The third-order valence-corrected chi connectivity index (χ3v) is 8.35. The molecule has 2 atom stereocenters. The zero-order valence-electron chi connectivity index (χ0n) is 22.8. The van der Waals surface area contributed by atoms with Crippen LogP contribution in [0.25, 0.3) is 0 Å². The van der Waals surface area contributed by atoms with Gasteiger partial charge < -0.3 is 39.0 Å². The van der Waals surface area contributed by atoms with E-state index in [1.54, 1.807) is 0 Å². The summed E-state index contributed by atoms with van der Waals surface area (Å²) in [5.74, 6) is 0.243. The Morgan fingerprint density at radius 1 is 1.12 bits per heavy atom. The molecule has 5 rings (SSSR count). The number of rotatable bonds is 9. The number of methoxy groups -OCH3 is 1. The van der Waals surface area contributed by atoms with Gasteiger partial charge in [-0.15, -0.1) is 0 Å². The molecule has 0 saturated carbocycles. The van der Waals surface area contributed by atoms with E-state index in [4.69, 9.17) is 37.4 Å². The number of ether oxygens (including phenoxy) is 4. The second-order valence-electron chi connectivity index (χ2n) is 10.8. The van der Waals surface area contributed by atoms with Gasteiger partial charge in [0, 0.05) is 63.1 Å². The van der Waals surface area contributed by atoms with Crippen LogP contribution >= 0.6 is 23.2 Å². The fourth-order valence-electron chi connectivity index (χ4n) is 5.58. The molecular formula is C29H34Cl2N2O8. The van der Waals surface area contributed by atoms with Crippen molar-refractivity contribution in [2.24, 2.45) is 0 Å². The van der Waals surface area contributed by atoms with Gasteiger partial charge >= 0.3 is 5.97 Å². The molecule has 0 radical (unpaired) electrons. The molecule has 222 valence electrons. The molecule has 1 amide bonds. The van der Waals surface area contributed by atoms with Crippen LogP contribution in [0.5, 0.6) is 17.2 Å². The Morgan fingerprint density at radius 3 is 2.61 bits per heavy atom. The molecule has 12 heteroatoms. The summed E-state index contributed by atoms with van der Waals surface area (Å²) in [5.41, 5.74) is 1.07. The third kappa shape index (κ3) is 7.01. The number of esters is 1. The van der Waals surface area contributed by atoms with Gasteiger partial charge in [0.25, 0.3) is 5.91 Å². The van der Waals surface area contributed by atoms with Crippen LogP contribution in [0, 0.1) is 0 Å². The molecule has 3 aliphatic heterocycles. The maximum Gasteiger partial charge on any atom is 0.343 e. The maximum absolute atomic E-state index is 13.2. The first-order valence-corrected chi connectivity index (χ1v) is 14.4. The van der Waals surface area contributed by atoms with Crippen molar-refractivity contribution < 1.29 is 38.7 Å². The predicted octanol–water partition coefficient (Wildman–Crippen LogP) is 2.96. The van der Waals surface area contributed by atoms with Crippen LogP contribution in [0.15, 0.2) is 30.3 Å². The number of aliphatic hydroxyl groups is 2. The van der Waals surface area contributed by atoms with Gasteiger partial charge in [-0.2, -0.15) is 0 Å². The normalized spacial score (nSPS) is 20.4. The number of carbonyl (C=O) groups excluding carboxylic acids is 2. The summed E-state index contributed by atoms with van der Waals surface area (Å²) >= 11 is 12.5. The minimum atomic E-state index is -0.837. The molecule has 0 unspecified atom stereocenters. The fourth-order valence-corrected chi connectivity index (χ4v) is 6.00. The van der Waals surface area contributed by atoms with E-state index in [-0.39, 0.29) is 53.4 Å².